The molecule has 2 unspecified atom stereocenters. The fraction of sp³-hybridized carbons (Fsp3) is 0.762. The Morgan fingerprint density at radius 3 is 1.90 bits per heavy atom. The molecule has 2 atom stereocenters. The van der Waals surface area contributed by atoms with E-state index in [1.807, 2.05) is 6.92 Å². The van der Waals surface area contributed by atoms with Crippen LogP contribution in [0.5, 0.6) is 0 Å². The highest BCUT2D eigenvalue weighted by molar-refractivity contribution is 5.99. The van der Waals surface area contributed by atoms with Crippen LogP contribution in [0.2, 0.25) is 0 Å². The van der Waals surface area contributed by atoms with Crippen LogP contribution in [0.3, 0.4) is 0 Å². The molecule has 0 saturated heterocycles. The number of carbonyl (C=O) groups excluding carboxylic acids is 2. The number of hydrogen-bond donors (Lipinski definition) is 5. The van der Waals surface area contributed by atoms with Gasteiger partial charge in [-0.3, -0.25) is 9.59 Å². The number of hydrogen-bond acceptors (Lipinski definition) is 5. The lowest BCUT2D eigenvalue weighted by atomic mass is 10.1. The third-order valence-corrected chi connectivity index (χ3v) is 4.59. The van der Waals surface area contributed by atoms with Crippen molar-refractivity contribution in [2.24, 2.45) is 0 Å². The van der Waals surface area contributed by atoms with E-state index in [2.05, 4.69) is 17.6 Å². The van der Waals surface area contributed by atoms with Gasteiger partial charge in [0.05, 0.1) is 6.10 Å². The third-order valence-electron chi connectivity index (χ3n) is 4.59. The molecule has 0 aromatic carbocycles. The normalized spacial score (nSPS) is 13.9. The van der Waals surface area contributed by atoms with Gasteiger partial charge in [0.2, 0.25) is 5.91 Å². The molecule has 0 spiro atoms. The Kier molecular flexibility index (Phi) is 14.7. The minimum Gasteiger partial charge on any atom is -0.510 e. The number of aliphatic hydroxyl groups excluding tert-OH is 2. The monoisotopic (exact) mass is 414 g/mol. The van der Waals surface area contributed by atoms with E-state index >= 15 is 0 Å². The molecule has 0 aliphatic carbocycles. The number of aliphatic hydroxyl groups is 2. The first-order valence-corrected chi connectivity index (χ1v) is 10.7. The van der Waals surface area contributed by atoms with Crippen molar-refractivity contribution < 1.29 is 29.7 Å². The number of carboxylic acid groups (broad SMARTS) is 1. The summed E-state index contributed by atoms with van der Waals surface area (Å²) in [5.41, 5.74) is -0.349. The summed E-state index contributed by atoms with van der Waals surface area (Å²) in [5, 5.41) is 33.5. The van der Waals surface area contributed by atoms with Crippen molar-refractivity contribution in [1.82, 2.24) is 10.6 Å². The van der Waals surface area contributed by atoms with Gasteiger partial charge in [-0.05, 0) is 19.8 Å². The van der Waals surface area contributed by atoms with E-state index in [1.165, 1.54) is 26.2 Å². The van der Waals surface area contributed by atoms with Crippen LogP contribution < -0.4 is 10.6 Å². The summed E-state index contributed by atoms with van der Waals surface area (Å²) in [6.45, 7) is 5.31. The van der Waals surface area contributed by atoms with Gasteiger partial charge in [0.25, 0.3) is 5.91 Å². The van der Waals surface area contributed by atoms with Crippen LogP contribution in [-0.2, 0) is 14.4 Å². The molecule has 29 heavy (non-hydrogen) atoms. The van der Waals surface area contributed by atoms with Crippen LogP contribution in [0, 0.1) is 0 Å². The molecular formula is C21H38N2O6. The van der Waals surface area contributed by atoms with Gasteiger partial charge < -0.3 is 26.0 Å². The first-order valence-electron chi connectivity index (χ1n) is 10.7. The average molecular weight is 415 g/mol. The van der Waals surface area contributed by atoms with Gasteiger partial charge in [0, 0.05) is 12.8 Å². The second-order valence-corrected chi connectivity index (χ2v) is 7.37. The predicted octanol–water partition coefficient (Wildman–Crippen LogP) is 3.15. The largest absolute Gasteiger partial charge is 0.510 e. The van der Waals surface area contributed by atoms with Crippen molar-refractivity contribution in [3.8, 4) is 0 Å². The fourth-order valence-electron chi connectivity index (χ4n) is 2.78. The van der Waals surface area contributed by atoms with Crippen LogP contribution in [-0.4, -0.2) is 45.2 Å². The lowest BCUT2D eigenvalue weighted by molar-refractivity contribution is -0.144. The Bertz CT molecular complexity index is 545. The molecule has 0 aliphatic heterocycles. The van der Waals surface area contributed by atoms with E-state index in [9.17, 15) is 24.6 Å². The molecule has 0 saturated carbocycles. The molecule has 0 aromatic heterocycles. The van der Waals surface area contributed by atoms with E-state index in [1.54, 1.807) is 0 Å². The molecule has 5 N–H and O–H groups in total. The summed E-state index contributed by atoms with van der Waals surface area (Å²) in [6, 6.07) is -1.54. The second-order valence-electron chi connectivity index (χ2n) is 7.37. The average Bonchev–Trinajstić information content (AvgIpc) is 2.66. The quantitative estimate of drug-likeness (QED) is 0.149. The van der Waals surface area contributed by atoms with Crippen LogP contribution in [0.4, 0.5) is 0 Å². The maximum Gasteiger partial charge on any atom is 0.328 e. The molecule has 168 valence electrons. The fourth-order valence-corrected chi connectivity index (χ4v) is 2.78. The molecule has 0 bridgehead atoms. The van der Waals surface area contributed by atoms with Gasteiger partial charge in [0.15, 0.2) is 6.04 Å². The number of aliphatic carboxylic acids is 1. The van der Waals surface area contributed by atoms with Gasteiger partial charge in [-0.1, -0.05) is 58.8 Å². The number of nitrogens with one attached hydrogen (secondary N) is 2. The van der Waals surface area contributed by atoms with Crippen LogP contribution in [0.25, 0.3) is 0 Å². The Hall–Kier alpha value is -2.09. The zero-order valence-corrected chi connectivity index (χ0v) is 18.0. The van der Waals surface area contributed by atoms with Crippen molar-refractivity contribution in [2.45, 2.75) is 104 Å². The Labute approximate surface area is 173 Å². The second kappa shape index (κ2) is 15.8. The number of allylic oxidation sites excluding steroid dienone is 1. The van der Waals surface area contributed by atoms with Gasteiger partial charge in [-0.2, -0.15) is 0 Å². The smallest absolute Gasteiger partial charge is 0.328 e. The number of unbranched alkanes of at least 4 members (excludes halogenated alkanes) is 7. The van der Waals surface area contributed by atoms with Gasteiger partial charge >= 0.3 is 5.97 Å². The molecule has 0 radical (unpaired) electrons. The summed E-state index contributed by atoms with van der Waals surface area (Å²) >= 11 is 0. The molecule has 0 rings (SSSR count). The van der Waals surface area contributed by atoms with E-state index in [0.717, 1.165) is 25.7 Å². The van der Waals surface area contributed by atoms with Crippen molar-refractivity contribution in [3.63, 3.8) is 0 Å². The third kappa shape index (κ3) is 12.2. The summed E-state index contributed by atoms with van der Waals surface area (Å²) < 4.78 is 0. The maximum absolute atomic E-state index is 12.5. The first-order chi connectivity index (χ1) is 13.7. The van der Waals surface area contributed by atoms with Crippen molar-refractivity contribution in [3.05, 3.63) is 11.5 Å². The predicted molar refractivity (Wildman–Crippen MR) is 111 cm³/mol. The van der Waals surface area contributed by atoms with Gasteiger partial charge in [0.1, 0.15) is 11.5 Å². The lowest BCUT2D eigenvalue weighted by Gasteiger charge is -2.19. The van der Waals surface area contributed by atoms with Crippen LogP contribution >= 0.6 is 0 Å². The summed E-state index contributed by atoms with van der Waals surface area (Å²) in [5.74, 6) is -3.04. The Morgan fingerprint density at radius 1 is 0.828 bits per heavy atom. The lowest BCUT2D eigenvalue weighted by Crippen LogP contribution is -2.50. The molecule has 2 amide bonds. The zero-order valence-electron chi connectivity index (χ0n) is 18.0. The van der Waals surface area contributed by atoms with Gasteiger partial charge in [-0.25, -0.2) is 4.79 Å². The van der Waals surface area contributed by atoms with Crippen molar-refractivity contribution in [1.29, 1.82) is 0 Å². The number of amides is 2. The highest BCUT2D eigenvalue weighted by atomic mass is 16.4. The molecule has 0 aliphatic rings. The highest BCUT2D eigenvalue weighted by Crippen LogP contribution is 2.11. The van der Waals surface area contributed by atoms with Crippen LogP contribution in [0.1, 0.15) is 91.4 Å². The first kappa shape index (κ1) is 26.9. The van der Waals surface area contributed by atoms with Crippen LogP contribution in [0.15, 0.2) is 11.5 Å². The molecular weight excluding hydrogens is 376 g/mol. The molecule has 0 heterocycles. The molecule has 0 fully saturated rings. The number of carboxylic acids is 1. The minimum absolute atomic E-state index is 0.184. The van der Waals surface area contributed by atoms with Crippen molar-refractivity contribution in [2.75, 3.05) is 0 Å². The summed E-state index contributed by atoms with van der Waals surface area (Å²) in [7, 11) is 0. The summed E-state index contributed by atoms with van der Waals surface area (Å²) in [6.07, 6.45) is 7.79. The molecule has 0 aromatic rings. The Balaban J connectivity index is 4.87. The number of carbonyl (C=O) groups is 3. The van der Waals surface area contributed by atoms with Gasteiger partial charge in [-0.15, -0.1) is 0 Å². The molecule has 8 heteroatoms. The van der Waals surface area contributed by atoms with E-state index < -0.39 is 29.9 Å². The summed E-state index contributed by atoms with van der Waals surface area (Å²) in [4.78, 5) is 35.9. The van der Waals surface area contributed by atoms with Crippen molar-refractivity contribution >= 4 is 17.8 Å². The zero-order chi connectivity index (χ0) is 22.2. The van der Waals surface area contributed by atoms with E-state index in [0.29, 0.717) is 12.8 Å². The Morgan fingerprint density at radius 2 is 1.38 bits per heavy atom. The SMILES string of the molecule is CCCCCCCCCC(=O)NC(C(=O)NC(C(=O)O)C(C)O)=C(O)CCCC. The maximum atomic E-state index is 12.5. The van der Waals surface area contributed by atoms with E-state index in [-0.39, 0.29) is 24.3 Å². The standard InChI is InChI=1S/C21H38N2O6/c1-4-6-8-9-10-11-12-14-17(26)22-19(16(25)13-7-5-2)20(27)23-18(15(3)24)21(28)29/h15,18,24-25H,4-14H2,1-3H3,(H,22,26)(H,23,27)(H,28,29). The highest BCUT2D eigenvalue weighted by Gasteiger charge is 2.28. The topological polar surface area (TPSA) is 136 Å². The number of rotatable bonds is 16. The van der Waals surface area contributed by atoms with E-state index in [4.69, 9.17) is 5.11 Å². The molecule has 8 nitrogen and oxygen atoms in total. The minimum atomic E-state index is -1.54.